The number of alkyl halides is 2. The Hall–Kier alpha value is -2.38. The third-order valence-electron chi connectivity index (χ3n) is 4.09. The molecule has 0 bridgehead atoms. The Kier molecular flexibility index (Phi) is 7.62. The van der Waals surface area contributed by atoms with Crippen molar-refractivity contribution in [2.45, 2.75) is 45.3 Å². The van der Waals surface area contributed by atoms with E-state index in [1.165, 1.54) is 31.5 Å². The zero-order valence-electron chi connectivity index (χ0n) is 15.0. The van der Waals surface area contributed by atoms with E-state index in [1.54, 1.807) is 6.92 Å². The van der Waals surface area contributed by atoms with E-state index in [0.717, 1.165) is 38.8 Å². The molecule has 1 aliphatic heterocycles. The van der Waals surface area contributed by atoms with Gasteiger partial charge < -0.3 is 19.2 Å². The Morgan fingerprint density at radius 1 is 1.19 bits per heavy atom. The second kappa shape index (κ2) is 9.94. The molecule has 0 spiro atoms. The zero-order chi connectivity index (χ0) is 18.9. The minimum Gasteiger partial charge on any atom is -0.493 e. The maximum Gasteiger partial charge on any atom is 0.387 e. The Labute approximate surface area is 151 Å². The summed E-state index contributed by atoms with van der Waals surface area (Å²) in [6.45, 7) is 0.223. The molecule has 144 valence electrons. The number of benzene rings is 1. The number of methoxy groups -OCH3 is 1. The third kappa shape index (κ3) is 5.86. The lowest BCUT2D eigenvalue weighted by molar-refractivity contribution is -0.142. The molecular formula is C18H24F2N2O4. The molecule has 0 aliphatic carbocycles. The number of ether oxygens (including phenoxy) is 2. The average molecular weight is 370 g/mol. The fourth-order valence-corrected chi connectivity index (χ4v) is 2.73. The van der Waals surface area contributed by atoms with E-state index < -0.39 is 12.7 Å². The lowest BCUT2D eigenvalue weighted by Gasteiger charge is -2.22. The molecule has 26 heavy (non-hydrogen) atoms. The maximum atomic E-state index is 12.4. The molecule has 6 nitrogen and oxygen atoms in total. The van der Waals surface area contributed by atoms with Crippen molar-refractivity contribution in [3.63, 3.8) is 0 Å². The number of rotatable bonds is 7. The highest BCUT2D eigenvalue weighted by molar-refractivity contribution is 5.82. The molecule has 1 aromatic rings. The Morgan fingerprint density at radius 3 is 2.50 bits per heavy atom. The van der Waals surface area contributed by atoms with Crippen molar-refractivity contribution in [2.24, 2.45) is 5.16 Å². The number of nitrogens with zero attached hydrogens (tertiary/aromatic N) is 2. The molecule has 1 saturated heterocycles. The maximum absolute atomic E-state index is 12.4. The van der Waals surface area contributed by atoms with Gasteiger partial charge in [-0.3, -0.25) is 4.79 Å². The largest absolute Gasteiger partial charge is 0.493 e. The van der Waals surface area contributed by atoms with E-state index in [-0.39, 0.29) is 17.4 Å². The number of amides is 1. The van der Waals surface area contributed by atoms with E-state index in [4.69, 9.17) is 9.57 Å². The lowest BCUT2D eigenvalue weighted by Crippen LogP contribution is -2.39. The predicted molar refractivity (Wildman–Crippen MR) is 92.8 cm³/mol. The number of halogens is 2. The first-order chi connectivity index (χ1) is 12.5. The number of hydrogen-bond donors (Lipinski definition) is 0. The van der Waals surface area contributed by atoms with Crippen LogP contribution in [0.3, 0.4) is 0 Å². The first-order valence-electron chi connectivity index (χ1n) is 8.62. The van der Waals surface area contributed by atoms with Gasteiger partial charge in [0.25, 0.3) is 5.91 Å². The monoisotopic (exact) mass is 370 g/mol. The van der Waals surface area contributed by atoms with Gasteiger partial charge in [0.2, 0.25) is 6.10 Å². The SMILES string of the molecule is COc1cc(/C=N/OC(C)C(=O)N2CCCCCC2)ccc1OC(F)F. The lowest BCUT2D eigenvalue weighted by atomic mass is 10.2. The summed E-state index contributed by atoms with van der Waals surface area (Å²) in [4.78, 5) is 19.4. The zero-order valence-corrected chi connectivity index (χ0v) is 15.0. The van der Waals surface area contributed by atoms with Crippen LogP contribution < -0.4 is 9.47 Å². The smallest absolute Gasteiger partial charge is 0.387 e. The van der Waals surface area contributed by atoms with Crippen LogP contribution in [0.2, 0.25) is 0 Å². The average Bonchev–Trinajstić information content (AvgIpc) is 2.91. The summed E-state index contributed by atoms with van der Waals surface area (Å²) in [5, 5.41) is 3.83. The number of hydrogen-bond acceptors (Lipinski definition) is 5. The number of oxime groups is 1. The topological polar surface area (TPSA) is 60.4 Å². The number of likely N-dealkylation sites (tertiary alicyclic amines) is 1. The van der Waals surface area contributed by atoms with Crippen LogP contribution in [0, 0.1) is 0 Å². The Morgan fingerprint density at radius 2 is 1.88 bits per heavy atom. The van der Waals surface area contributed by atoms with Gasteiger partial charge in [0, 0.05) is 18.7 Å². The summed E-state index contributed by atoms with van der Waals surface area (Å²) in [6.07, 6.45) is 5.01. The normalized spacial score (nSPS) is 16.4. The van der Waals surface area contributed by atoms with Crippen LogP contribution in [0.4, 0.5) is 8.78 Å². The summed E-state index contributed by atoms with van der Waals surface area (Å²) >= 11 is 0. The van der Waals surface area contributed by atoms with Crippen LogP contribution in [-0.2, 0) is 9.63 Å². The van der Waals surface area contributed by atoms with Gasteiger partial charge in [-0.2, -0.15) is 8.78 Å². The van der Waals surface area contributed by atoms with E-state index in [2.05, 4.69) is 9.89 Å². The second-order valence-corrected chi connectivity index (χ2v) is 6.01. The standard InChI is InChI=1S/C18H24F2N2O4/c1-13(17(23)22-9-5-3-4-6-10-22)26-21-12-14-7-8-15(25-18(19)20)16(11-14)24-2/h7-8,11-13,18H,3-6,9-10H2,1-2H3/b21-12+. The van der Waals surface area contributed by atoms with Gasteiger partial charge in [0.05, 0.1) is 13.3 Å². The van der Waals surface area contributed by atoms with Crippen molar-refractivity contribution >= 4 is 12.1 Å². The number of carbonyl (C=O) groups is 1. The molecule has 1 heterocycles. The fourth-order valence-electron chi connectivity index (χ4n) is 2.73. The molecule has 0 saturated carbocycles. The first-order valence-corrected chi connectivity index (χ1v) is 8.62. The molecule has 2 rings (SSSR count). The first kappa shape index (κ1) is 19.9. The molecule has 1 fully saturated rings. The van der Waals surface area contributed by atoms with Gasteiger partial charge in [-0.05, 0) is 38.0 Å². The summed E-state index contributed by atoms with van der Waals surface area (Å²) in [5.41, 5.74) is 0.567. The van der Waals surface area contributed by atoms with Crippen molar-refractivity contribution in [1.82, 2.24) is 4.90 Å². The van der Waals surface area contributed by atoms with Crippen molar-refractivity contribution in [2.75, 3.05) is 20.2 Å². The van der Waals surface area contributed by atoms with Gasteiger partial charge in [0.1, 0.15) is 0 Å². The summed E-state index contributed by atoms with van der Waals surface area (Å²) in [6, 6.07) is 4.39. The quantitative estimate of drug-likeness (QED) is 0.545. The number of carbonyl (C=O) groups excluding carboxylic acids is 1. The van der Waals surface area contributed by atoms with Gasteiger partial charge in [0.15, 0.2) is 11.5 Å². The molecule has 1 unspecified atom stereocenters. The highest BCUT2D eigenvalue weighted by Gasteiger charge is 2.22. The van der Waals surface area contributed by atoms with E-state index >= 15 is 0 Å². The van der Waals surface area contributed by atoms with E-state index in [0.29, 0.717) is 5.56 Å². The highest BCUT2D eigenvalue weighted by atomic mass is 19.3. The van der Waals surface area contributed by atoms with Crippen molar-refractivity contribution in [1.29, 1.82) is 0 Å². The predicted octanol–water partition coefficient (Wildman–Crippen LogP) is 3.44. The summed E-state index contributed by atoms with van der Waals surface area (Å²) in [7, 11) is 1.35. The molecular weight excluding hydrogens is 346 g/mol. The van der Waals surface area contributed by atoms with E-state index in [9.17, 15) is 13.6 Å². The minimum atomic E-state index is -2.93. The Bertz CT molecular complexity index is 617. The van der Waals surface area contributed by atoms with E-state index in [1.807, 2.05) is 4.90 Å². The van der Waals surface area contributed by atoms with Crippen LogP contribution in [0.5, 0.6) is 11.5 Å². The van der Waals surface area contributed by atoms with Crippen LogP contribution in [0.15, 0.2) is 23.4 Å². The second-order valence-electron chi connectivity index (χ2n) is 6.01. The van der Waals surface area contributed by atoms with Crippen molar-refractivity contribution < 1.29 is 27.9 Å². The molecule has 1 amide bonds. The highest BCUT2D eigenvalue weighted by Crippen LogP contribution is 2.28. The van der Waals surface area contributed by atoms with Crippen molar-refractivity contribution in [3.05, 3.63) is 23.8 Å². The summed E-state index contributed by atoms with van der Waals surface area (Å²) < 4.78 is 34.0. The van der Waals surface area contributed by atoms with Gasteiger partial charge in [-0.1, -0.05) is 18.0 Å². The molecule has 1 aromatic carbocycles. The van der Waals surface area contributed by atoms with Gasteiger partial charge in [-0.25, -0.2) is 0 Å². The molecule has 0 N–H and O–H groups in total. The van der Waals surface area contributed by atoms with Crippen LogP contribution >= 0.6 is 0 Å². The van der Waals surface area contributed by atoms with Crippen LogP contribution in [0.1, 0.15) is 38.2 Å². The molecule has 1 aliphatic rings. The molecule has 8 heteroatoms. The minimum absolute atomic E-state index is 0.0646. The molecule has 1 atom stereocenters. The fraction of sp³-hybridized carbons (Fsp3) is 0.556. The Balaban J connectivity index is 1.93. The van der Waals surface area contributed by atoms with Crippen molar-refractivity contribution in [3.8, 4) is 11.5 Å². The van der Waals surface area contributed by atoms with Crippen LogP contribution in [-0.4, -0.2) is 49.9 Å². The molecule has 0 aromatic heterocycles. The summed E-state index contributed by atoms with van der Waals surface area (Å²) in [5.74, 6) is 0.00975. The van der Waals surface area contributed by atoms with Gasteiger partial charge in [-0.15, -0.1) is 0 Å². The molecule has 0 radical (unpaired) electrons. The third-order valence-corrected chi connectivity index (χ3v) is 4.09. The van der Waals surface area contributed by atoms with Crippen LogP contribution in [0.25, 0.3) is 0 Å². The van der Waals surface area contributed by atoms with Gasteiger partial charge >= 0.3 is 6.61 Å².